The van der Waals surface area contributed by atoms with Crippen LogP contribution >= 0.6 is 66.7 Å². The predicted octanol–water partition coefficient (Wildman–Crippen LogP) is 12.8. The number of amides is 2. The summed E-state index contributed by atoms with van der Waals surface area (Å²) in [4.78, 5) is 116. The van der Waals surface area contributed by atoms with Gasteiger partial charge < -0.3 is 18.9 Å². The number of carbonyl (C=O) groups excluding carboxylic acids is 4. The Balaban J connectivity index is 0.000000171. The Morgan fingerprint density at radius 3 is 1.08 bits per heavy atom. The Morgan fingerprint density at radius 2 is 0.785 bits per heavy atom. The molecule has 1 fully saturated rings. The van der Waals surface area contributed by atoms with Gasteiger partial charge in [-0.3, -0.25) is 47.3 Å². The third kappa shape index (κ3) is 17.0. The quantitative estimate of drug-likeness (QED) is 0.0361. The van der Waals surface area contributed by atoms with E-state index in [1.54, 1.807) is 55.6 Å². The van der Waals surface area contributed by atoms with E-state index in [1.807, 2.05) is 43.3 Å². The van der Waals surface area contributed by atoms with E-state index in [-0.39, 0.29) is 28.9 Å². The van der Waals surface area contributed by atoms with E-state index >= 15 is 0 Å². The van der Waals surface area contributed by atoms with Gasteiger partial charge in [0.1, 0.15) is 40.6 Å². The molecule has 0 bridgehead atoms. The van der Waals surface area contributed by atoms with E-state index < -0.39 is 69.4 Å². The zero-order chi connectivity index (χ0) is 78.5. The van der Waals surface area contributed by atoms with Gasteiger partial charge in [-0.25, -0.2) is 32.0 Å². The molecule has 0 N–H and O–H groups in total. The second kappa shape index (κ2) is 32.8. The van der Waals surface area contributed by atoms with Crippen molar-refractivity contribution in [2.24, 2.45) is 21.1 Å². The number of hydrogen-bond acceptors (Lipinski definition) is 20. The molecule has 12 aromatic rings. The summed E-state index contributed by atoms with van der Waals surface area (Å²) in [6.45, 7) is 2.30. The van der Waals surface area contributed by atoms with Gasteiger partial charge in [-0.2, -0.15) is 52.6 Å². The van der Waals surface area contributed by atoms with Gasteiger partial charge in [-0.15, -0.1) is 0 Å². The minimum Gasteiger partial charge on any atom is -0.496 e. The molecule has 1 aliphatic heterocycles. The van der Waals surface area contributed by atoms with Crippen LogP contribution in [0.25, 0.3) is 81.1 Å². The SMILES string of the molecule is COC=O.COc1ccc(C)cc1-c1nsc2ccc(-n3c(=O)cc(C(F)(F)F)n(C)c3=O)cc12.COc1ccc(C=O)cc1-c1nsc2ccc(-n3c(=O)cc(C(F)(F)F)n(C)c3=O)cc12.COc1ccc(CBr)cc1-c1nsc2ccc(-n3c(=O)cc(C(F)(F)F)n(C)c3=O)cc12.O=C1CCC(=O)N1Br. The van der Waals surface area contributed by atoms with Crippen LogP contribution in [0.1, 0.15) is 51.4 Å². The molecule has 6 aromatic carbocycles. The molecule has 0 unspecified atom stereocenters. The summed E-state index contributed by atoms with van der Waals surface area (Å²) in [6.07, 6.45) is -13.1. The lowest BCUT2D eigenvalue weighted by Crippen LogP contribution is -2.40. The van der Waals surface area contributed by atoms with E-state index in [4.69, 9.17) is 19.0 Å². The Morgan fingerprint density at radius 1 is 0.458 bits per heavy atom. The van der Waals surface area contributed by atoms with Crippen molar-refractivity contribution in [3.05, 3.63) is 224 Å². The monoisotopic (exact) mass is 1670 g/mol. The van der Waals surface area contributed by atoms with Crippen molar-refractivity contribution in [1.82, 2.24) is 44.4 Å². The lowest BCUT2D eigenvalue weighted by Gasteiger charge is -2.14. The molecule has 558 valence electrons. The van der Waals surface area contributed by atoms with Crippen LogP contribution < -0.4 is 48.0 Å². The predicted molar refractivity (Wildman–Crippen MR) is 388 cm³/mol. The summed E-state index contributed by atoms with van der Waals surface area (Å²) in [7, 11) is 8.77. The molecule has 1 saturated heterocycles. The maximum absolute atomic E-state index is 13.2. The lowest BCUT2D eigenvalue weighted by molar-refractivity contribution is -0.144. The highest BCUT2D eigenvalue weighted by atomic mass is 79.9. The zero-order valence-electron chi connectivity index (χ0n) is 56.5. The van der Waals surface area contributed by atoms with Gasteiger partial charge in [0.05, 0.1) is 92.8 Å². The van der Waals surface area contributed by atoms with E-state index in [9.17, 15) is 82.7 Å². The van der Waals surface area contributed by atoms with Crippen molar-refractivity contribution in [2.45, 2.75) is 43.6 Å². The summed E-state index contributed by atoms with van der Waals surface area (Å²) < 4.78 is 158. The molecule has 0 radical (unpaired) electrons. The summed E-state index contributed by atoms with van der Waals surface area (Å²) >= 11 is 9.83. The number of rotatable bonds is 12. The number of benzene rings is 6. The van der Waals surface area contributed by atoms with Crippen LogP contribution in [-0.2, 0) is 64.1 Å². The molecule has 13 rings (SSSR count). The third-order valence-electron chi connectivity index (χ3n) is 16.0. The van der Waals surface area contributed by atoms with Crippen LogP contribution in [0.3, 0.4) is 0 Å². The maximum Gasteiger partial charge on any atom is 0.431 e. The minimum absolute atomic E-state index is 0.0868. The number of nitrogens with zero attached hydrogens (tertiary/aromatic N) is 10. The largest absolute Gasteiger partial charge is 0.496 e. The molecular formula is C69H53Br2F9N10O14S3. The average molecular weight is 1670 g/mol. The zero-order valence-corrected chi connectivity index (χ0v) is 62.1. The van der Waals surface area contributed by atoms with E-state index in [2.05, 4.69) is 49.9 Å². The van der Waals surface area contributed by atoms with Gasteiger partial charge in [0.15, 0.2) is 0 Å². The van der Waals surface area contributed by atoms with Crippen molar-refractivity contribution in [2.75, 3.05) is 28.4 Å². The molecule has 24 nitrogen and oxygen atoms in total. The first-order valence-corrected chi connectivity index (χ1v) is 34.6. The second-order valence-electron chi connectivity index (χ2n) is 22.6. The normalized spacial score (nSPS) is 12.2. The number of fused-ring (bicyclic) bond motifs is 3. The smallest absolute Gasteiger partial charge is 0.431 e. The number of carbonyl (C=O) groups is 4. The number of imide groups is 1. The summed E-state index contributed by atoms with van der Waals surface area (Å²) in [5.41, 5.74) is -4.12. The van der Waals surface area contributed by atoms with E-state index in [1.165, 1.54) is 68.7 Å². The lowest BCUT2D eigenvalue weighted by atomic mass is 10.0. The first-order chi connectivity index (χ1) is 50.5. The van der Waals surface area contributed by atoms with Crippen LogP contribution in [-0.4, -0.2) is 97.5 Å². The van der Waals surface area contributed by atoms with Crippen molar-refractivity contribution in [3.63, 3.8) is 0 Å². The van der Waals surface area contributed by atoms with E-state index in [0.29, 0.717) is 143 Å². The highest BCUT2D eigenvalue weighted by Gasteiger charge is 2.38. The summed E-state index contributed by atoms with van der Waals surface area (Å²) in [5.74, 6) is 1.36. The molecule has 38 heteroatoms. The molecule has 0 aliphatic carbocycles. The Labute approximate surface area is 624 Å². The number of methoxy groups -OCH3 is 4. The van der Waals surface area contributed by atoms with Crippen molar-refractivity contribution in [3.8, 4) is 68.1 Å². The van der Waals surface area contributed by atoms with Gasteiger partial charge in [-0.05, 0) is 144 Å². The third-order valence-corrected chi connectivity index (χ3v) is 19.9. The fraction of sp³-hybridized carbons (Fsp3) is 0.203. The highest BCUT2D eigenvalue weighted by Crippen LogP contribution is 2.42. The summed E-state index contributed by atoms with van der Waals surface area (Å²) in [6, 6.07) is 31.4. The van der Waals surface area contributed by atoms with Gasteiger partial charge in [0.25, 0.3) is 23.2 Å². The maximum atomic E-state index is 13.2. The number of hydrogen-bond donors (Lipinski definition) is 0. The molecule has 2 amide bonds. The van der Waals surface area contributed by atoms with Crippen LogP contribution in [0.2, 0.25) is 0 Å². The molecule has 0 atom stereocenters. The average Bonchev–Trinajstić information content (AvgIpc) is 1.74. The highest BCUT2D eigenvalue weighted by molar-refractivity contribution is 9.08. The van der Waals surface area contributed by atoms with Gasteiger partial charge in [0.2, 0.25) is 11.8 Å². The Kier molecular flexibility index (Phi) is 24.6. The molecule has 0 spiro atoms. The van der Waals surface area contributed by atoms with Crippen LogP contribution in [0.4, 0.5) is 39.5 Å². The van der Waals surface area contributed by atoms with Gasteiger partial charge >= 0.3 is 35.6 Å². The Bertz CT molecular complexity index is 5850. The van der Waals surface area contributed by atoms with Gasteiger partial charge in [-0.1, -0.05) is 33.6 Å². The summed E-state index contributed by atoms with van der Waals surface area (Å²) in [5, 5.41) is 2.46. The second-order valence-corrected chi connectivity index (χ2v) is 26.3. The number of halogens is 11. The van der Waals surface area contributed by atoms with Crippen molar-refractivity contribution in [1.29, 1.82) is 0 Å². The van der Waals surface area contributed by atoms with Crippen LogP contribution in [0, 0.1) is 6.92 Å². The first kappa shape index (κ1) is 80.1. The molecule has 1 aliphatic rings. The molecule has 0 saturated carbocycles. The molecule has 107 heavy (non-hydrogen) atoms. The van der Waals surface area contributed by atoms with Crippen LogP contribution in [0.15, 0.2) is 156 Å². The molecule has 7 heterocycles. The molecule has 6 aromatic heterocycles. The molecular weight excluding hydrogens is 1620 g/mol. The topological polar surface area (TPSA) is 279 Å². The van der Waals surface area contributed by atoms with Crippen molar-refractivity contribution >= 4 is 122 Å². The number of aromatic nitrogens is 9. The number of ether oxygens (including phenoxy) is 4. The van der Waals surface area contributed by atoms with Crippen molar-refractivity contribution < 1.29 is 77.6 Å². The first-order valence-electron chi connectivity index (χ1n) is 30.5. The minimum atomic E-state index is -4.85. The fourth-order valence-corrected chi connectivity index (χ4v) is 13.8. The Hall–Kier alpha value is -11.0. The number of alkyl halides is 10. The van der Waals surface area contributed by atoms with Crippen LogP contribution in [0.5, 0.6) is 17.2 Å². The fourth-order valence-electron chi connectivity index (χ4n) is 10.7. The standard InChI is InChI=1S/C21H15BrF3N3O3S.C21H14F3N3O4S.C21H16F3N3O3S.C4H4BrNO2.C2H4O2/c1-27-17(21(23,24)25)9-18(29)28(20(27)30)12-4-6-16-14(8-12)19(26-32-16)13-7-11(10-22)3-5-15(13)31-2;1-26-17(21(22,23)24)9-18(29)27(20(26)30)12-4-6-16-14(8-12)19(25-32-16)13-7-11(10-28)3-5-15(13)31-2;1-11-4-6-15(30-3)13(8-11)19-14-9-12(5-7-16(14)31-25-19)27-18(28)10-17(21(22,23)24)26(2)20(27)29;5-6-3(7)1-2-4(6)8;1-4-2-3/h3-9H,10H2,1-2H3;3-10H,1-2H3;4-10H,1-3H3;1-2H2;2H,1H3. The van der Waals surface area contributed by atoms with Gasteiger partial charge in [0, 0.05) is 95.9 Å². The van der Waals surface area contributed by atoms with E-state index in [0.717, 1.165) is 68.3 Å². The number of aryl methyl sites for hydroxylation is 1. The number of aldehydes is 1.